The number of ether oxygens (including phenoxy) is 3. The van der Waals surface area contributed by atoms with Crippen LogP contribution >= 0.6 is 0 Å². The molecule has 49 heavy (non-hydrogen) atoms. The van der Waals surface area contributed by atoms with Crippen molar-refractivity contribution in [3.63, 3.8) is 0 Å². The van der Waals surface area contributed by atoms with E-state index in [0.29, 0.717) is 19.3 Å². The predicted molar refractivity (Wildman–Crippen MR) is 206 cm³/mol. The summed E-state index contributed by atoms with van der Waals surface area (Å²) in [6.07, 6.45) is 35.5. The molecular formula is C43H82O6. The lowest BCUT2D eigenvalue weighted by atomic mass is 10.0. The van der Waals surface area contributed by atoms with E-state index in [4.69, 9.17) is 14.2 Å². The van der Waals surface area contributed by atoms with Gasteiger partial charge in [-0.15, -0.1) is 0 Å². The van der Waals surface area contributed by atoms with E-state index in [1.54, 1.807) is 0 Å². The van der Waals surface area contributed by atoms with Crippen molar-refractivity contribution < 1.29 is 28.6 Å². The van der Waals surface area contributed by atoms with Crippen LogP contribution in [0.2, 0.25) is 0 Å². The van der Waals surface area contributed by atoms with Gasteiger partial charge in [0.2, 0.25) is 0 Å². The zero-order valence-electron chi connectivity index (χ0n) is 33.1. The van der Waals surface area contributed by atoms with Gasteiger partial charge in [0, 0.05) is 19.3 Å². The third kappa shape index (κ3) is 37.5. The molecule has 0 aromatic rings. The van der Waals surface area contributed by atoms with Crippen LogP contribution in [0.15, 0.2) is 0 Å². The highest BCUT2D eigenvalue weighted by Gasteiger charge is 2.19. The summed E-state index contributed by atoms with van der Waals surface area (Å²) < 4.78 is 16.6. The molecule has 0 aliphatic carbocycles. The Morgan fingerprint density at radius 3 is 1.00 bits per heavy atom. The molecule has 0 unspecified atom stereocenters. The van der Waals surface area contributed by atoms with Gasteiger partial charge in [0.1, 0.15) is 13.2 Å². The molecule has 0 radical (unpaired) electrons. The molecule has 6 nitrogen and oxygen atoms in total. The Morgan fingerprint density at radius 2 is 0.673 bits per heavy atom. The normalized spacial score (nSPS) is 11.9. The van der Waals surface area contributed by atoms with E-state index >= 15 is 0 Å². The summed E-state index contributed by atoms with van der Waals surface area (Å²) in [5, 5.41) is 0. The van der Waals surface area contributed by atoms with Gasteiger partial charge in [-0.3, -0.25) is 14.4 Å². The molecule has 0 rings (SSSR count). The molecule has 0 saturated heterocycles. The average molecular weight is 695 g/mol. The van der Waals surface area contributed by atoms with Crippen molar-refractivity contribution in [2.24, 2.45) is 5.92 Å². The predicted octanol–water partition coefficient (Wildman–Crippen LogP) is 13.2. The molecule has 0 saturated carbocycles. The van der Waals surface area contributed by atoms with Gasteiger partial charge in [-0.1, -0.05) is 195 Å². The molecule has 1 atom stereocenters. The molecule has 0 fully saturated rings. The van der Waals surface area contributed by atoms with E-state index in [2.05, 4.69) is 27.7 Å². The Kier molecular flexibility index (Phi) is 36.4. The van der Waals surface area contributed by atoms with Gasteiger partial charge in [-0.2, -0.15) is 0 Å². The molecule has 0 heterocycles. The first-order chi connectivity index (χ1) is 23.9. The minimum absolute atomic E-state index is 0.0657. The van der Waals surface area contributed by atoms with Gasteiger partial charge in [0.25, 0.3) is 0 Å². The van der Waals surface area contributed by atoms with Crippen LogP contribution < -0.4 is 0 Å². The monoisotopic (exact) mass is 695 g/mol. The van der Waals surface area contributed by atoms with Crippen LogP contribution in [0.1, 0.15) is 233 Å². The van der Waals surface area contributed by atoms with Crippen molar-refractivity contribution in [3.8, 4) is 0 Å². The molecule has 0 amide bonds. The zero-order valence-corrected chi connectivity index (χ0v) is 33.1. The molecule has 0 N–H and O–H groups in total. The average Bonchev–Trinajstić information content (AvgIpc) is 3.08. The fraction of sp³-hybridized carbons (Fsp3) is 0.930. The highest BCUT2D eigenvalue weighted by Crippen LogP contribution is 2.16. The van der Waals surface area contributed by atoms with Crippen molar-refractivity contribution in [2.75, 3.05) is 13.2 Å². The highest BCUT2D eigenvalue weighted by atomic mass is 16.6. The van der Waals surface area contributed by atoms with E-state index < -0.39 is 6.10 Å². The summed E-state index contributed by atoms with van der Waals surface area (Å²) >= 11 is 0. The van der Waals surface area contributed by atoms with Gasteiger partial charge in [0.05, 0.1) is 0 Å². The standard InChI is InChI=1S/C43H82O6/c1-5-7-9-11-12-13-14-15-16-17-20-23-27-30-34-41(44)47-37-40(49-43(46)36-32-25-10-8-6-2)38-48-42(45)35-31-28-24-21-18-19-22-26-29-33-39(3)4/h39-40H,5-38H2,1-4H3/t40-/m1/s1. The van der Waals surface area contributed by atoms with E-state index in [1.165, 1.54) is 122 Å². The second kappa shape index (κ2) is 37.7. The van der Waals surface area contributed by atoms with Crippen molar-refractivity contribution in [3.05, 3.63) is 0 Å². The van der Waals surface area contributed by atoms with Crippen molar-refractivity contribution in [2.45, 2.75) is 239 Å². The van der Waals surface area contributed by atoms with Crippen LogP contribution in [0, 0.1) is 5.92 Å². The van der Waals surface area contributed by atoms with Crippen LogP contribution in [-0.2, 0) is 28.6 Å². The number of carbonyl (C=O) groups excluding carboxylic acids is 3. The highest BCUT2D eigenvalue weighted by molar-refractivity contribution is 5.71. The molecule has 0 aromatic heterocycles. The Hall–Kier alpha value is -1.59. The Labute approximate surface area is 304 Å². The maximum atomic E-state index is 12.5. The second-order valence-electron chi connectivity index (χ2n) is 15.1. The SMILES string of the molecule is CCCCCCCCCCCCCCCCC(=O)OC[C@H](COC(=O)CCCCCCCCCCCC(C)C)OC(=O)CCCCCCC. The van der Waals surface area contributed by atoms with Gasteiger partial charge < -0.3 is 14.2 Å². The number of esters is 3. The van der Waals surface area contributed by atoms with Crippen LogP contribution in [0.3, 0.4) is 0 Å². The molecule has 6 heteroatoms. The van der Waals surface area contributed by atoms with Crippen molar-refractivity contribution in [1.29, 1.82) is 0 Å². The smallest absolute Gasteiger partial charge is 0.306 e. The zero-order chi connectivity index (χ0) is 36.0. The quantitative estimate of drug-likeness (QED) is 0.0364. The Balaban J connectivity index is 4.17. The third-order valence-electron chi connectivity index (χ3n) is 9.54. The molecule has 0 spiro atoms. The first kappa shape index (κ1) is 47.4. The molecule has 0 aliphatic heterocycles. The number of hydrogen-bond donors (Lipinski definition) is 0. The lowest BCUT2D eigenvalue weighted by molar-refractivity contribution is -0.167. The van der Waals surface area contributed by atoms with Crippen molar-refractivity contribution >= 4 is 17.9 Å². The molecule has 0 bridgehead atoms. The third-order valence-corrected chi connectivity index (χ3v) is 9.54. The van der Waals surface area contributed by atoms with E-state index in [0.717, 1.165) is 70.1 Å². The number of rotatable bonds is 38. The van der Waals surface area contributed by atoms with Gasteiger partial charge in [0.15, 0.2) is 6.10 Å². The van der Waals surface area contributed by atoms with Crippen LogP contribution in [0.4, 0.5) is 0 Å². The topological polar surface area (TPSA) is 78.9 Å². The second-order valence-corrected chi connectivity index (χ2v) is 15.1. The minimum atomic E-state index is -0.757. The lowest BCUT2D eigenvalue weighted by Gasteiger charge is -2.18. The van der Waals surface area contributed by atoms with Gasteiger partial charge in [-0.25, -0.2) is 0 Å². The number of carbonyl (C=O) groups is 3. The number of unbranched alkanes of at least 4 members (excludes halogenated alkanes) is 25. The lowest BCUT2D eigenvalue weighted by Crippen LogP contribution is -2.30. The molecule has 290 valence electrons. The summed E-state index contributed by atoms with van der Waals surface area (Å²) in [7, 11) is 0. The largest absolute Gasteiger partial charge is 0.462 e. The fourth-order valence-corrected chi connectivity index (χ4v) is 6.27. The fourth-order valence-electron chi connectivity index (χ4n) is 6.27. The van der Waals surface area contributed by atoms with Crippen LogP contribution in [0.25, 0.3) is 0 Å². The molecule has 0 aromatic carbocycles. The number of hydrogen-bond acceptors (Lipinski definition) is 6. The Morgan fingerprint density at radius 1 is 0.388 bits per heavy atom. The first-order valence-corrected chi connectivity index (χ1v) is 21.4. The summed E-state index contributed by atoms with van der Waals surface area (Å²) in [6, 6.07) is 0. The van der Waals surface area contributed by atoms with Crippen molar-refractivity contribution in [1.82, 2.24) is 0 Å². The van der Waals surface area contributed by atoms with Gasteiger partial charge in [-0.05, 0) is 25.2 Å². The van der Waals surface area contributed by atoms with Crippen LogP contribution in [0.5, 0.6) is 0 Å². The minimum Gasteiger partial charge on any atom is -0.462 e. The maximum absolute atomic E-state index is 12.5. The first-order valence-electron chi connectivity index (χ1n) is 21.4. The Bertz CT molecular complexity index is 736. The summed E-state index contributed by atoms with van der Waals surface area (Å²) in [5.74, 6) is -0.0646. The molecular weight excluding hydrogens is 612 g/mol. The molecule has 0 aliphatic rings. The summed E-state index contributed by atoms with van der Waals surface area (Å²) in [5.41, 5.74) is 0. The van der Waals surface area contributed by atoms with Crippen LogP contribution in [-0.4, -0.2) is 37.2 Å². The van der Waals surface area contributed by atoms with E-state index in [-0.39, 0.29) is 31.1 Å². The van der Waals surface area contributed by atoms with E-state index in [9.17, 15) is 14.4 Å². The maximum Gasteiger partial charge on any atom is 0.306 e. The summed E-state index contributed by atoms with van der Waals surface area (Å²) in [4.78, 5) is 37.3. The van der Waals surface area contributed by atoms with E-state index in [1.807, 2.05) is 0 Å². The summed E-state index contributed by atoms with van der Waals surface area (Å²) in [6.45, 7) is 8.88. The van der Waals surface area contributed by atoms with Gasteiger partial charge >= 0.3 is 17.9 Å².